The second-order valence-corrected chi connectivity index (χ2v) is 5.41. The highest BCUT2D eigenvalue weighted by Crippen LogP contribution is 2.33. The van der Waals surface area contributed by atoms with Crippen molar-refractivity contribution < 1.29 is 22.7 Å². The smallest absolute Gasteiger partial charge is 0.376 e. The average molecular weight is 340 g/mol. The maximum atomic E-state index is 13.0. The molecular formula is C15H15F3N4O2. The van der Waals surface area contributed by atoms with Crippen LogP contribution in [0.4, 0.5) is 13.2 Å². The fraction of sp³-hybridized carbons (Fsp3) is 0.400. The van der Waals surface area contributed by atoms with E-state index in [1.54, 1.807) is 0 Å². The molecule has 0 radical (unpaired) electrons. The number of ether oxygens (including phenoxy) is 1. The summed E-state index contributed by atoms with van der Waals surface area (Å²) in [5.41, 5.74) is -1.08. The van der Waals surface area contributed by atoms with Crippen molar-refractivity contribution in [2.24, 2.45) is 0 Å². The quantitative estimate of drug-likeness (QED) is 0.926. The molecular weight excluding hydrogens is 325 g/mol. The Kier molecular flexibility index (Phi) is 4.52. The molecule has 1 saturated heterocycles. The van der Waals surface area contributed by atoms with Gasteiger partial charge in [0.15, 0.2) is 5.69 Å². The molecule has 1 aliphatic heterocycles. The van der Waals surface area contributed by atoms with E-state index in [2.05, 4.69) is 15.6 Å². The molecule has 1 aromatic heterocycles. The molecule has 0 bridgehead atoms. The van der Waals surface area contributed by atoms with Gasteiger partial charge in [0, 0.05) is 13.2 Å². The Labute approximate surface area is 135 Å². The van der Waals surface area contributed by atoms with E-state index in [9.17, 15) is 18.0 Å². The average Bonchev–Trinajstić information content (AvgIpc) is 3.23. The van der Waals surface area contributed by atoms with Gasteiger partial charge in [-0.2, -0.15) is 13.2 Å². The van der Waals surface area contributed by atoms with Gasteiger partial charge >= 0.3 is 6.18 Å². The van der Waals surface area contributed by atoms with Crippen molar-refractivity contribution in [3.8, 4) is 5.69 Å². The number of carbonyl (C=O) groups is 1. The number of hydrogen-bond donors (Lipinski definition) is 1. The first-order chi connectivity index (χ1) is 11.4. The van der Waals surface area contributed by atoms with Gasteiger partial charge in [0.1, 0.15) is 0 Å². The zero-order valence-corrected chi connectivity index (χ0v) is 12.6. The zero-order chi connectivity index (χ0) is 17.2. The van der Waals surface area contributed by atoms with Crippen LogP contribution in [0, 0.1) is 0 Å². The number of carbonyl (C=O) groups excluding carboxylic acids is 1. The highest BCUT2D eigenvalue weighted by Gasteiger charge is 2.34. The van der Waals surface area contributed by atoms with Crippen molar-refractivity contribution in [3.63, 3.8) is 0 Å². The molecule has 1 amide bonds. The number of nitrogens with zero attached hydrogens (tertiary/aromatic N) is 3. The second-order valence-electron chi connectivity index (χ2n) is 5.41. The predicted octanol–water partition coefficient (Wildman–Crippen LogP) is 2.19. The number of amides is 1. The van der Waals surface area contributed by atoms with E-state index in [1.165, 1.54) is 24.4 Å². The van der Waals surface area contributed by atoms with Crippen molar-refractivity contribution in [1.29, 1.82) is 0 Å². The summed E-state index contributed by atoms with van der Waals surface area (Å²) in [5, 5.41) is 9.94. The molecule has 1 N–H and O–H groups in total. The molecule has 1 aromatic carbocycles. The first kappa shape index (κ1) is 16.4. The molecule has 0 aliphatic carbocycles. The third-order valence-electron chi connectivity index (χ3n) is 3.70. The highest BCUT2D eigenvalue weighted by atomic mass is 19.4. The van der Waals surface area contributed by atoms with E-state index < -0.39 is 17.6 Å². The third-order valence-corrected chi connectivity index (χ3v) is 3.70. The molecule has 6 nitrogen and oxygen atoms in total. The summed E-state index contributed by atoms with van der Waals surface area (Å²) in [6.45, 7) is 1.01. The first-order valence-corrected chi connectivity index (χ1v) is 7.44. The van der Waals surface area contributed by atoms with Gasteiger partial charge in [0.05, 0.1) is 23.6 Å². The number of benzene rings is 1. The minimum absolute atomic E-state index is 0.0325. The Hall–Kier alpha value is -2.42. The molecule has 24 heavy (non-hydrogen) atoms. The number of halogens is 3. The number of hydrogen-bond acceptors (Lipinski definition) is 4. The molecule has 1 fully saturated rings. The van der Waals surface area contributed by atoms with Gasteiger partial charge in [-0.3, -0.25) is 4.79 Å². The summed E-state index contributed by atoms with van der Waals surface area (Å²) in [7, 11) is 0. The van der Waals surface area contributed by atoms with Gasteiger partial charge in [-0.15, -0.1) is 5.10 Å². The largest absolute Gasteiger partial charge is 0.418 e. The van der Waals surface area contributed by atoms with Gasteiger partial charge in [-0.1, -0.05) is 17.3 Å². The molecule has 1 atom stereocenters. The van der Waals surface area contributed by atoms with Crippen LogP contribution in [0.1, 0.15) is 28.9 Å². The summed E-state index contributed by atoms with van der Waals surface area (Å²) >= 11 is 0. The molecule has 2 heterocycles. The van der Waals surface area contributed by atoms with Crippen LogP contribution in [0.5, 0.6) is 0 Å². The van der Waals surface area contributed by atoms with E-state index in [0.717, 1.165) is 23.6 Å². The van der Waals surface area contributed by atoms with E-state index in [4.69, 9.17) is 4.74 Å². The number of para-hydroxylation sites is 1. The Morgan fingerprint density at radius 2 is 2.17 bits per heavy atom. The Bertz CT molecular complexity index is 724. The molecule has 9 heteroatoms. The summed E-state index contributed by atoms with van der Waals surface area (Å²) < 4.78 is 45.4. The van der Waals surface area contributed by atoms with Gasteiger partial charge in [-0.05, 0) is 25.0 Å². The maximum Gasteiger partial charge on any atom is 0.418 e. The molecule has 3 rings (SSSR count). The maximum absolute atomic E-state index is 13.0. The van der Waals surface area contributed by atoms with Gasteiger partial charge in [0.2, 0.25) is 0 Å². The summed E-state index contributed by atoms with van der Waals surface area (Å²) in [6, 6.07) is 4.97. The minimum Gasteiger partial charge on any atom is -0.376 e. The van der Waals surface area contributed by atoms with Crippen LogP contribution in [0.15, 0.2) is 30.5 Å². The fourth-order valence-corrected chi connectivity index (χ4v) is 2.50. The third kappa shape index (κ3) is 3.56. The molecule has 0 saturated carbocycles. The molecule has 0 spiro atoms. The van der Waals surface area contributed by atoms with Crippen molar-refractivity contribution in [3.05, 3.63) is 41.7 Å². The van der Waals surface area contributed by atoms with Crippen molar-refractivity contribution in [2.75, 3.05) is 13.2 Å². The van der Waals surface area contributed by atoms with Crippen LogP contribution < -0.4 is 5.32 Å². The van der Waals surface area contributed by atoms with Crippen LogP contribution in [-0.4, -0.2) is 40.2 Å². The van der Waals surface area contributed by atoms with Crippen molar-refractivity contribution >= 4 is 5.91 Å². The van der Waals surface area contributed by atoms with E-state index in [0.29, 0.717) is 13.2 Å². The lowest BCUT2D eigenvalue weighted by atomic mass is 10.1. The number of nitrogens with one attached hydrogen (secondary N) is 1. The van der Waals surface area contributed by atoms with E-state index in [1.807, 2.05) is 0 Å². The second kappa shape index (κ2) is 6.60. The Morgan fingerprint density at radius 3 is 2.88 bits per heavy atom. The molecule has 2 aromatic rings. The van der Waals surface area contributed by atoms with Gasteiger partial charge in [0.25, 0.3) is 5.91 Å². The van der Waals surface area contributed by atoms with Crippen LogP contribution in [0.3, 0.4) is 0 Å². The van der Waals surface area contributed by atoms with Gasteiger partial charge in [-0.25, -0.2) is 4.68 Å². The lowest BCUT2D eigenvalue weighted by Crippen LogP contribution is -2.31. The van der Waals surface area contributed by atoms with Crippen molar-refractivity contribution in [2.45, 2.75) is 25.1 Å². The van der Waals surface area contributed by atoms with Crippen LogP contribution in [0.2, 0.25) is 0 Å². The Morgan fingerprint density at radius 1 is 1.38 bits per heavy atom. The van der Waals surface area contributed by atoms with E-state index in [-0.39, 0.29) is 17.5 Å². The van der Waals surface area contributed by atoms with Crippen LogP contribution in [0.25, 0.3) is 5.69 Å². The molecule has 1 aliphatic rings. The standard InChI is InChI=1S/C15H15F3N4O2/c16-15(17,18)11-5-1-2-6-13(11)22-9-12(20-21-22)14(23)19-8-10-4-3-7-24-10/h1-2,5-6,9-10H,3-4,7-8H2,(H,19,23)/t10-/m0/s1. The van der Waals surface area contributed by atoms with Crippen LogP contribution in [-0.2, 0) is 10.9 Å². The molecule has 0 unspecified atom stereocenters. The number of aromatic nitrogens is 3. The Balaban J connectivity index is 1.75. The van der Waals surface area contributed by atoms with Crippen LogP contribution >= 0.6 is 0 Å². The normalized spacial score (nSPS) is 17.9. The number of rotatable bonds is 4. The first-order valence-electron chi connectivity index (χ1n) is 7.44. The summed E-state index contributed by atoms with van der Waals surface area (Å²) in [4.78, 5) is 12.0. The summed E-state index contributed by atoms with van der Waals surface area (Å²) in [5.74, 6) is -0.499. The predicted molar refractivity (Wildman–Crippen MR) is 77.7 cm³/mol. The monoisotopic (exact) mass is 340 g/mol. The topological polar surface area (TPSA) is 69.0 Å². The number of alkyl halides is 3. The lowest BCUT2D eigenvalue weighted by Gasteiger charge is -2.11. The van der Waals surface area contributed by atoms with Crippen molar-refractivity contribution in [1.82, 2.24) is 20.3 Å². The molecule has 128 valence electrons. The van der Waals surface area contributed by atoms with E-state index >= 15 is 0 Å². The zero-order valence-electron chi connectivity index (χ0n) is 12.6. The minimum atomic E-state index is -4.52. The lowest BCUT2D eigenvalue weighted by molar-refractivity contribution is -0.137. The fourth-order valence-electron chi connectivity index (χ4n) is 2.50. The highest BCUT2D eigenvalue weighted by molar-refractivity contribution is 5.91. The van der Waals surface area contributed by atoms with Gasteiger partial charge < -0.3 is 10.1 Å². The summed E-state index contributed by atoms with van der Waals surface area (Å²) in [6.07, 6.45) is -1.56. The SMILES string of the molecule is O=C(NC[C@@H]1CCCO1)c1cn(-c2ccccc2C(F)(F)F)nn1.